The summed E-state index contributed by atoms with van der Waals surface area (Å²) >= 11 is 0. The Hall–Kier alpha value is -3.14. The molecule has 4 nitrogen and oxygen atoms in total. The number of H-pyrrole nitrogens is 1. The molecule has 0 atom stereocenters. The van der Waals surface area contributed by atoms with Crippen molar-refractivity contribution in [1.82, 2.24) is 10.3 Å². The van der Waals surface area contributed by atoms with E-state index < -0.39 is 0 Å². The van der Waals surface area contributed by atoms with E-state index in [0.29, 0.717) is 5.75 Å². The fourth-order valence-electron chi connectivity index (χ4n) is 3.63. The number of phenolic OH excluding ortho intramolecular Hbond substituents is 1. The Labute approximate surface area is 139 Å². The Kier molecular flexibility index (Phi) is 2.73. The van der Waals surface area contributed by atoms with Crippen molar-refractivity contribution in [3.8, 4) is 5.75 Å². The van der Waals surface area contributed by atoms with Gasteiger partial charge in [-0.15, -0.1) is 0 Å². The van der Waals surface area contributed by atoms with Gasteiger partial charge in [0.05, 0.1) is 0 Å². The summed E-state index contributed by atoms with van der Waals surface area (Å²) < 4.78 is 0. The summed E-state index contributed by atoms with van der Waals surface area (Å²) in [5, 5.41) is 17.9. The van der Waals surface area contributed by atoms with E-state index in [-0.39, 0.29) is 0 Å². The normalized spacial score (nSPS) is 19.1. The Balaban J connectivity index is 1.61. The molecule has 0 fully saturated rings. The van der Waals surface area contributed by atoms with Crippen molar-refractivity contribution >= 4 is 27.7 Å². The predicted molar refractivity (Wildman–Crippen MR) is 97.8 cm³/mol. The molecule has 5 rings (SSSR count). The lowest BCUT2D eigenvalue weighted by molar-refractivity contribution is 0.475. The van der Waals surface area contributed by atoms with Crippen molar-refractivity contribution in [3.05, 3.63) is 71.6 Å². The molecule has 118 valence electrons. The monoisotopic (exact) mass is 315 g/mol. The van der Waals surface area contributed by atoms with Crippen LogP contribution in [-0.2, 0) is 0 Å². The first-order chi connectivity index (χ1) is 11.8. The highest BCUT2D eigenvalue weighted by Gasteiger charge is 2.22. The molecule has 3 aromatic rings. The van der Waals surface area contributed by atoms with Crippen molar-refractivity contribution in [1.29, 1.82) is 0 Å². The number of aromatic nitrogens is 1. The molecule has 1 aromatic heterocycles. The minimum Gasteiger partial charge on any atom is -0.508 e. The van der Waals surface area contributed by atoms with E-state index in [1.807, 2.05) is 18.2 Å². The third kappa shape index (κ3) is 1.93. The fourth-order valence-corrected chi connectivity index (χ4v) is 3.63. The van der Waals surface area contributed by atoms with Crippen molar-refractivity contribution in [2.24, 2.45) is 0 Å². The average molecular weight is 315 g/mol. The van der Waals surface area contributed by atoms with Gasteiger partial charge in [0.2, 0.25) is 0 Å². The van der Waals surface area contributed by atoms with Crippen LogP contribution in [0.3, 0.4) is 0 Å². The zero-order valence-corrected chi connectivity index (χ0v) is 13.1. The van der Waals surface area contributed by atoms with Gasteiger partial charge in [0.1, 0.15) is 5.75 Å². The first-order valence-electron chi connectivity index (χ1n) is 8.11. The number of benzene rings is 2. The van der Waals surface area contributed by atoms with Crippen molar-refractivity contribution in [2.75, 3.05) is 18.4 Å². The van der Waals surface area contributed by atoms with Crippen LogP contribution in [0, 0.1) is 0 Å². The van der Waals surface area contributed by atoms with Crippen LogP contribution < -0.4 is 10.6 Å². The molecule has 2 aliphatic rings. The quantitative estimate of drug-likeness (QED) is 0.518. The number of aromatic amines is 1. The number of allylic oxidation sites excluding steroid dienone is 1. The lowest BCUT2D eigenvalue weighted by atomic mass is 10.0. The van der Waals surface area contributed by atoms with Gasteiger partial charge in [-0.3, -0.25) is 0 Å². The molecule has 0 aliphatic carbocycles. The minimum absolute atomic E-state index is 0.300. The highest BCUT2D eigenvalue weighted by atomic mass is 16.3. The second-order valence-electron chi connectivity index (χ2n) is 6.25. The number of hydrogen-bond acceptors (Lipinski definition) is 3. The third-order valence-electron chi connectivity index (χ3n) is 4.83. The average Bonchev–Trinajstić information content (AvgIpc) is 3.31. The van der Waals surface area contributed by atoms with Crippen LogP contribution in [0.5, 0.6) is 5.75 Å². The summed E-state index contributed by atoms with van der Waals surface area (Å²) in [6.07, 6.45) is 4.31. The smallest absolute Gasteiger partial charge is 0.116 e. The van der Waals surface area contributed by atoms with Crippen molar-refractivity contribution < 1.29 is 5.11 Å². The van der Waals surface area contributed by atoms with Gasteiger partial charge in [-0.05, 0) is 35.9 Å². The lowest BCUT2D eigenvalue weighted by Crippen LogP contribution is -2.09. The van der Waals surface area contributed by atoms with Crippen LogP contribution >= 0.6 is 0 Å². The van der Waals surface area contributed by atoms with Gasteiger partial charge in [0, 0.05) is 58.3 Å². The van der Waals surface area contributed by atoms with Crippen molar-refractivity contribution in [2.45, 2.75) is 0 Å². The van der Waals surface area contributed by atoms with Crippen LogP contribution in [0.1, 0.15) is 11.1 Å². The molecule has 0 radical (unpaired) electrons. The van der Waals surface area contributed by atoms with E-state index >= 15 is 0 Å². The van der Waals surface area contributed by atoms with E-state index in [4.69, 9.17) is 0 Å². The summed E-state index contributed by atoms with van der Waals surface area (Å²) in [6, 6.07) is 13.8. The Morgan fingerprint density at radius 3 is 2.79 bits per heavy atom. The zero-order valence-electron chi connectivity index (χ0n) is 13.1. The molecule has 0 spiro atoms. The van der Waals surface area contributed by atoms with Crippen LogP contribution in [0.2, 0.25) is 0 Å². The fraction of sp³-hybridized carbons (Fsp3) is 0.100. The molecule has 0 bridgehead atoms. The second-order valence-corrected chi connectivity index (χ2v) is 6.25. The maximum Gasteiger partial charge on any atom is 0.116 e. The number of anilines is 1. The number of hydrogen-bond donors (Lipinski definition) is 4. The lowest BCUT2D eigenvalue weighted by Gasteiger charge is -2.04. The third-order valence-corrected chi connectivity index (χ3v) is 4.83. The number of nitrogens with one attached hydrogen (secondary N) is 3. The molecule has 0 unspecified atom stereocenters. The number of phenols is 1. The van der Waals surface area contributed by atoms with E-state index in [9.17, 15) is 5.11 Å². The van der Waals surface area contributed by atoms with Gasteiger partial charge in [-0.1, -0.05) is 18.2 Å². The molecule has 3 heterocycles. The molecule has 4 heteroatoms. The van der Waals surface area contributed by atoms with Crippen LogP contribution in [0.15, 0.2) is 60.4 Å². The van der Waals surface area contributed by atoms with E-state index in [1.54, 1.807) is 6.07 Å². The standard InChI is InChI=1S/C20H17N3O/c24-13-5-6-19-15(8-13)17(11-23-19)20-7-12(9-21-20)16-10-22-18-4-2-1-3-14(16)18/h1-8,10,21-24H,9,11H2/b20-17+. The van der Waals surface area contributed by atoms with E-state index in [2.05, 4.69) is 46.1 Å². The molecule has 4 N–H and O–H groups in total. The number of rotatable bonds is 1. The Morgan fingerprint density at radius 2 is 1.83 bits per heavy atom. The second kappa shape index (κ2) is 4.93. The molecule has 2 aliphatic heterocycles. The minimum atomic E-state index is 0.300. The van der Waals surface area contributed by atoms with Gasteiger partial charge in [0.25, 0.3) is 0 Å². The highest BCUT2D eigenvalue weighted by Crippen LogP contribution is 2.37. The summed E-state index contributed by atoms with van der Waals surface area (Å²) in [5.74, 6) is 0.300. The summed E-state index contributed by atoms with van der Waals surface area (Å²) in [5.41, 5.74) is 8.18. The molecular weight excluding hydrogens is 298 g/mol. The highest BCUT2D eigenvalue weighted by molar-refractivity contribution is 5.96. The molecule has 0 amide bonds. The van der Waals surface area contributed by atoms with Gasteiger partial charge < -0.3 is 20.7 Å². The maximum absolute atomic E-state index is 9.79. The van der Waals surface area contributed by atoms with E-state index in [0.717, 1.165) is 35.6 Å². The molecular formula is C20H17N3O. The molecule has 24 heavy (non-hydrogen) atoms. The first kappa shape index (κ1) is 13.3. The molecule has 0 saturated heterocycles. The number of para-hydroxylation sites is 1. The first-order valence-corrected chi connectivity index (χ1v) is 8.11. The number of aromatic hydroxyl groups is 1. The largest absolute Gasteiger partial charge is 0.508 e. The maximum atomic E-state index is 9.79. The number of fused-ring (bicyclic) bond motifs is 2. The Bertz CT molecular complexity index is 1030. The zero-order chi connectivity index (χ0) is 16.1. The summed E-state index contributed by atoms with van der Waals surface area (Å²) in [7, 11) is 0. The van der Waals surface area contributed by atoms with Crippen LogP contribution in [-0.4, -0.2) is 23.2 Å². The Morgan fingerprint density at radius 1 is 0.917 bits per heavy atom. The van der Waals surface area contributed by atoms with Crippen molar-refractivity contribution in [3.63, 3.8) is 0 Å². The van der Waals surface area contributed by atoms with Gasteiger partial charge in [-0.2, -0.15) is 0 Å². The molecule has 0 saturated carbocycles. The van der Waals surface area contributed by atoms with Gasteiger partial charge in [-0.25, -0.2) is 0 Å². The SMILES string of the molecule is Oc1ccc2c(c1)/C(=C1\C=C(c3c[nH]c4ccccc34)CN1)CN2. The van der Waals surface area contributed by atoms with Crippen LogP contribution in [0.4, 0.5) is 5.69 Å². The topological polar surface area (TPSA) is 60.1 Å². The van der Waals surface area contributed by atoms with Gasteiger partial charge >= 0.3 is 0 Å². The summed E-state index contributed by atoms with van der Waals surface area (Å²) in [6.45, 7) is 1.59. The summed E-state index contributed by atoms with van der Waals surface area (Å²) in [4.78, 5) is 3.34. The molecule has 2 aromatic carbocycles. The van der Waals surface area contributed by atoms with E-state index in [1.165, 1.54) is 22.1 Å². The van der Waals surface area contributed by atoms with Crippen LogP contribution in [0.25, 0.3) is 22.0 Å². The predicted octanol–water partition coefficient (Wildman–Crippen LogP) is 3.70. The van der Waals surface area contributed by atoms with Gasteiger partial charge in [0.15, 0.2) is 0 Å².